The molecule has 0 amide bonds. The van der Waals surface area contributed by atoms with Crippen molar-refractivity contribution in [3.8, 4) is 0 Å². The minimum absolute atomic E-state index is 0.135. The van der Waals surface area contributed by atoms with Crippen molar-refractivity contribution in [1.29, 1.82) is 0 Å². The van der Waals surface area contributed by atoms with Crippen molar-refractivity contribution in [3.63, 3.8) is 0 Å². The van der Waals surface area contributed by atoms with Crippen molar-refractivity contribution in [2.45, 2.75) is 168 Å². The van der Waals surface area contributed by atoms with Crippen LogP contribution in [0.1, 0.15) is 168 Å². The molecule has 0 atom stereocenters. The van der Waals surface area contributed by atoms with Crippen LogP contribution in [0.25, 0.3) is 75.7 Å². The Balaban J connectivity index is 1.35. The zero-order chi connectivity index (χ0) is 39.8. The summed E-state index contributed by atoms with van der Waals surface area (Å²) in [5.74, 6) is 0. The Morgan fingerprint density at radius 3 is 1.04 bits per heavy atom. The minimum Gasteiger partial charge on any atom is -0.354 e. The maximum atomic E-state index is 14.8. The van der Waals surface area contributed by atoms with E-state index >= 15 is 0 Å². The number of pyridine rings is 2. The van der Waals surface area contributed by atoms with E-state index in [1.54, 1.807) is 9.13 Å². The van der Waals surface area contributed by atoms with Gasteiger partial charge in [-0.25, -0.2) is 0 Å². The second-order valence-corrected chi connectivity index (χ2v) is 17.3. The third-order valence-electron chi connectivity index (χ3n) is 13.5. The molecule has 57 heavy (non-hydrogen) atoms. The maximum Gasteiger partial charge on any atom is 0.261 e. The van der Waals surface area contributed by atoms with Gasteiger partial charge in [-0.1, -0.05) is 143 Å². The quantitative estimate of drug-likeness (QED) is 0.0422. The third kappa shape index (κ3) is 6.67. The first-order chi connectivity index (χ1) is 27.9. The lowest BCUT2D eigenvalue weighted by molar-refractivity contribution is 0.384. The molecule has 0 aliphatic rings. The Hall–Kier alpha value is -4.52. The fraction of sp³-hybridized carbons (Fsp3) is 0.520. The van der Waals surface area contributed by atoms with Crippen LogP contribution in [0.2, 0.25) is 0 Å². The number of rotatable bonds is 22. The van der Waals surface area contributed by atoms with Gasteiger partial charge in [0.15, 0.2) is 0 Å². The average molecular weight is 768 g/mol. The molecule has 5 aromatic carbocycles. The summed E-state index contributed by atoms with van der Waals surface area (Å²) in [5, 5.41) is 9.42. The van der Waals surface area contributed by atoms with Gasteiger partial charge in [0.1, 0.15) is 0 Å². The predicted octanol–water partition coefficient (Wildman–Crippen LogP) is 12.8. The Labute approximate surface area is 334 Å². The van der Waals surface area contributed by atoms with Gasteiger partial charge in [0.2, 0.25) is 0 Å². The number of hydrogen-bond acceptors (Lipinski definition) is 4. The standard InChI is InChI=1S/C50H61N3O4/c1-5-9-13-17-21-31(22-18-14-10-6-2)52-47(54)35-27-25-33-34-26-28-36-42-38(50(57)53(48(36)55)32(23-19-15-11-7-3)24-20-16-12-8-4)30-40-46(44(34)42)45-39(51-40)29-37(49(52)56)41(35)43(33)45/h25-32,51H,5-24H2,1-4H3. The number of nitrogens with one attached hydrogen (secondary N) is 1. The molecule has 8 rings (SSSR count). The zero-order valence-corrected chi connectivity index (χ0v) is 34.8. The molecular formula is C50H61N3O4. The van der Waals surface area contributed by atoms with Crippen LogP contribution in [-0.4, -0.2) is 14.1 Å². The summed E-state index contributed by atoms with van der Waals surface area (Å²) in [6, 6.07) is 11.6. The first kappa shape index (κ1) is 39.3. The highest BCUT2D eigenvalue weighted by Crippen LogP contribution is 2.48. The number of aromatic amines is 1. The van der Waals surface area contributed by atoms with E-state index < -0.39 is 0 Å². The molecule has 1 N–H and O–H groups in total. The molecule has 3 aromatic heterocycles. The molecule has 0 bridgehead atoms. The molecule has 3 heterocycles. The highest BCUT2D eigenvalue weighted by molar-refractivity contribution is 6.45. The molecule has 7 heteroatoms. The van der Waals surface area contributed by atoms with Gasteiger partial charge in [-0.05, 0) is 60.7 Å². The normalized spacial score (nSPS) is 12.8. The average Bonchev–Trinajstić information content (AvgIpc) is 3.60. The van der Waals surface area contributed by atoms with Gasteiger partial charge >= 0.3 is 0 Å². The van der Waals surface area contributed by atoms with E-state index in [9.17, 15) is 19.2 Å². The van der Waals surface area contributed by atoms with Crippen molar-refractivity contribution >= 4 is 75.7 Å². The van der Waals surface area contributed by atoms with Crippen molar-refractivity contribution in [2.24, 2.45) is 0 Å². The van der Waals surface area contributed by atoms with E-state index in [4.69, 9.17) is 0 Å². The fourth-order valence-corrected chi connectivity index (χ4v) is 10.5. The van der Waals surface area contributed by atoms with Gasteiger partial charge in [0, 0.05) is 66.2 Å². The lowest BCUT2D eigenvalue weighted by atomic mass is 9.86. The predicted molar refractivity (Wildman–Crippen MR) is 242 cm³/mol. The third-order valence-corrected chi connectivity index (χ3v) is 13.5. The van der Waals surface area contributed by atoms with Gasteiger partial charge in [-0.2, -0.15) is 0 Å². The number of fused-ring (bicyclic) bond motifs is 1. The Kier molecular flexibility index (Phi) is 11.6. The van der Waals surface area contributed by atoms with E-state index in [1.165, 1.54) is 0 Å². The first-order valence-corrected chi connectivity index (χ1v) is 22.7. The summed E-state index contributed by atoms with van der Waals surface area (Å²) in [5.41, 5.74) is 0.868. The monoisotopic (exact) mass is 767 g/mol. The summed E-state index contributed by atoms with van der Waals surface area (Å²) in [6.45, 7) is 8.82. The van der Waals surface area contributed by atoms with Crippen LogP contribution in [0.4, 0.5) is 0 Å². The molecule has 0 aliphatic heterocycles. The van der Waals surface area contributed by atoms with Gasteiger partial charge in [-0.15, -0.1) is 0 Å². The van der Waals surface area contributed by atoms with Gasteiger partial charge in [0.05, 0.1) is 10.8 Å². The molecule has 0 radical (unpaired) electrons. The highest BCUT2D eigenvalue weighted by Gasteiger charge is 2.29. The minimum atomic E-state index is -0.202. The number of hydrogen-bond donors (Lipinski definition) is 1. The van der Waals surface area contributed by atoms with Gasteiger partial charge in [0.25, 0.3) is 22.2 Å². The van der Waals surface area contributed by atoms with Gasteiger partial charge < -0.3 is 4.98 Å². The van der Waals surface area contributed by atoms with Crippen molar-refractivity contribution in [2.75, 3.05) is 0 Å². The molecule has 0 saturated heterocycles. The lowest BCUT2D eigenvalue weighted by Crippen LogP contribution is -2.37. The van der Waals surface area contributed by atoms with Crippen molar-refractivity contribution in [3.05, 3.63) is 77.8 Å². The van der Waals surface area contributed by atoms with Crippen molar-refractivity contribution in [1.82, 2.24) is 14.1 Å². The number of aromatic nitrogens is 3. The molecule has 0 unspecified atom stereocenters. The van der Waals surface area contributed by atoms with Gasteiger partial charge in [-0.3, -0.25) is 28.3 Å². The summed E-state index contributed by atoms with van der Waals surface area (Å²) >= 11 is 0. The fourth-order valence-electron chi connectivity index (χ4n) is 10.5. The molecule has 0 saturated carbocycles. The zero-order valence-electron chi connectivity index (χ0n) is 34.8. The van der Waals surface area contributed by atoms with Crippen LogP contribution < -0.4 is 22.2 Å². The molecule has 300 valence electrons. The molecule has 8 aromatic rings. The van der Waals surface area contributed by atoms with E-state index in [2.05, 4.69) is 32.7 Å². The summed E-state index contributed by atoms with van der Waals surface area (Å²) in [7, 11) is 0. The molecule has 0 aliphatic carbocycles. The molecule has 0 fully saturated rings. The van der Waals surface area contributed by atoms with E-state index in [0.29, 0.717) is 21.5 Å². The van der Waals surface area contributed by atoms with Crippen LogP contribution in [0.3, 0.4) is 0 Å². The maximum absolute atomic E-state index is 14.8. The molecule has 7 nitrogen and oxygen atoms in total. The highest BCUT2D eigenvalue weighted by atomic mass is 16.2. The SMILES string of the molecule is CCCCCCC(CCCCCC)n1c(=O)c2ccc3c4ccc5c(=O)n(C(CCCCCC)CCCCCC)c(=O)c6cc7[nH]c8cc(c1=O)c2c3c8c7c4c56. The number of unbranched alkanes of at least 4 members (excludes halogenated alkanes) is 12. The lowest BCUT2D eigenvalue weighted by Gasteiger charge is -2.23. The Morgan fingerprint density at radius 2 is 0.702 bits per heavy atom. The summed E-state index contributed by atoms with van der Waals surface area (Å²) in [6.07, 6.45) is 20.9. The molecular weight excluding hydrogens is 707 g/mol. The number of H-pyrrole nitrogens is 1. The van der Waals surface area contributed by atoms with E-state index in [-0.39, 0.29) is 34.3 Å². The first-order valence-electron chi connectivity index (χ1n) is 22.7. The van der Waals surface area contributed by atoms with Crippen LogP contribution >= 0.6 is 0 Å². The van der Waals surface area contributed by atoms with Crippen molar-refractivity contribution < 1.29 is 0 Å². The molecule has 0 spiro atoms. The Bertz CT molecular complexity index is 2650. The topological polar surface area (TPSA) is 93.9 Å². The van der Waals surface area contributed by atoms with E-state index in [1.807, 2.05) is 36.4 Å². The largest absolute Gasteiger partial charge is 0.354 e. The summed E-state index contributed by atoms with van der Waals surface area (Å²) in [4.78, 5) is 62.4. The van der Waals surface area contributed by atoms with Crippen LogP contribution in [-0.2, 0) is 0 Å². The second-order valence-electron chi connectivity index (χ2n) is 17.3. The van der Waals surface area contributed by atoms with Crippen LogP contribution in [0.15, 0.2) is 55.6 Å². The number of nitrogens with zero attached hydrogens (tertiary/aromatic N) is 2. The smallest absolute Gasteiger partial charge is 0.261 e. The van der Waals surface area contributed by atoms with Crippen LogP contribution in [0, 0.1) is 0 Å². The Morgan fingerprint density at radius 1 is 0.386 bits per heavy atom. The number of benzene rings is 5. The van der Waals surface area contributed by atoms with Crippen LogP contribution in [0.5, 0.6) is 0 Å². The second kappa shape index (κ2) is 16.8. The van der Waals surface area contributed by atoms with E-state index in [0.717, 1.165) is 183 Å². The summed E-state index contributed by atoms with van der Waals surface area (Å²) < 4.78 is 3.21.